The number of aromatic nitrogens is 2. The monoisotopic (exact) mass is 411 g/mol. The van der Waals surface area contributed by atoms with Crippen LogP contribution in [0.1, 0.15) is 25.8 Å². The van der Waals surface area contributed by atoms with Crippen LogP contribution in [0.3, 0.4) is 0 Å². The molecular weight excluding hydrogens is 386 g/mol. The lowest BCUT2D eigenvalue weighted by Crippen LogP contribution is -2.46. The Kier molecular flexibility index (Phi) is 5.17. The van der Waals surface area contributed by atoms with Gasteiger partial charge in [-0.3, -0.25) is 14.2 Å². The smallest absolute Gasteiger partial charge is 0.336 e. The van der Waals surface area contributed by atoms with Crippen molar-refractivity contribution < 1.29 is 4.79 Å². The molecule has 29 heavy (non-hydrogen) atoms. The molecule has 2 aromatic heterocycles. The third-order valence-electron chi connectivity index (χ3n) is 5.53. The molecule has 1 aromatic carbocycles. The van der Waals surface area contributed by atoms with E-state index in [2.05, 4.69) is 13.8 Å². The van der Waals surface area contributed by atoms with E-state index in [9.17, 15) is 14.4 Å². The van der Waals surface area contributed by atoms with Gasteiger partial charge in [0.2, 0.25) is 5.91 Å². The number of hydrogen-bond acceptors (Lipinski definition) is 4. The van der Waals surface area contributed by atoms with Gasteiger partial charge < -0.3 is 4.90 Å². The van der Waals surface area contributed by atoms with Gasteiger partial charge in [0.15, 0.2) is 0 Å². The molecule has 1 fully saturated rings. The fraction of sp³-hybridized carbons (Fsp3) is 0.409. The number of hydrogen-bond donors (Lipinski definition) is 0. The van der Waals surface area contributed by atoms with Crippen molar-refractivity contribution in [2.24, 2.45) is 11.8 Å². The van der Waals surface area contributed by atoms with Crippen molar-refractivity contribution in [1.29, 1.82) is 0 Å². The maximum Gasteiger partial charge on any atom is 0.336 e. The first-order valence-electron chi connectivity index (χ1n) is 9.93. The number of rotatable bonds is 3. The van der Waals surface area contributed by atoms with Gasteiger partial charge in [0.05, 0.1) is 11.2 Å². The number of fused-ring (bicyclic) bond motifs is 1. The Morgan fingerprint density at radius 1 is 1.14 bits per heavy atom. The molecule has 1 aliphatic heterocycles. The van der Waals surface area contributed by atoms with E-state index in [-0.39, 0.29) is 18.0 Å². The Bertz CT molecular complexity index is 1180. The lowest BCUT2D eigenvalue weighted by Gasteiger charge is -2.35. The highest BCUT2D eigenvalue weighted by Crippen LogP contribution is 2.22. The van der Waals surface area contributed by atoms with E-state index in [0.29, 0.717) is 40.8 Å². The zero-order valence-electron chi connectivity index (χ0n) is 16.9. The minimum absolute atomic E-state index is 0.0579. The summed E-state index contributed by atoms with van der Waals surface area (Å²) in [6, 6.07) is 9.04. The first-order chi connectivity index (χ1) is 13.8. The van der Waals surface area contributed by atoms with E-state index in [0.717, 1.165) is 12.0 Å². The topological polar surface area (TPSA) is 64.3 Å². The van der Waals surface area contributed by atoms with Crippen LogP contribution in [0.2, 0.25) is 0 Å². The summed E-state index contributed by atoms with van der Waals surface area (Å²) in [5.41, 5.74) is 1.20. The lowest BCUT2D eigenvalue weighted by atomic mass is 9.92. The van der Waals surface area contributed by atoms with Gasteiger partial charge in [-0.1, -0.05) is 26.0 Å². The number of amides is 1. The highest BCUT2D eigenvalue weighted by Gasteiger charge is 2.26. The molecule has 0 unspecified atom stereocenters. The zero-order chi connectivity index (χ0) is 20.7. The van der Waals surface area contributed by atoms with Crippen molar-refractivity contribution in [3.05, 3.63) is 62.1 Å². The summed E-state index contributed by atoms with van der Waals surface area (Å²) in [7, 11) is 0. The summed E-state index contributed by atoms with van der Waals surface area (Å²) in [4.78, 5) is 41.2. The molecule has 4 rings (SSSR count). The predicted molar refractivity (Wildman–Crippen MR) is 116 cm³/mol. The molecule has 1 amide bonds. The van der Waals surface area contributed by atoms with Gasteiger partial charge in [-0.2, -0.15) is 0 Å². The molecular formula is C22H25N3O3S. The molecule has 1 aliphatic rings. The minimum Gasteiger partial charge on any atom is -0.341 e. The zero-order valence-corrected chi connectivity index (χ0v) is 17.7. The van der Waals surface area contributed by atoms with Gasteiger partial charge >= 0.3 is 5.69 Å². The molecule has 2 atom stereocenters. The number of likely N-dealkylation sites (tertiary alicyclic amines) is 1. The molecule has 6 nitrogen and oxygen atoms in total. The van der Waals surface area contributed by atoms with E-state index in [1.807, 2.05) is 30.0 Å². The number of carbonyl (C=O) groups is 1. The van der Waals surface area contributed by atoms with Gasteiger partial charge in [0.1, 0.15) is 11.2 Å². The van der Waals surface area contributed by atoms with Crippen molar-refractivity contribution in [3.8, 4) is 5.69 Å². The van der Waals surface area contributed by atoms with Gasteiger partial charge in [0, 0.05) is 13.1 Å². The molecule has 3 heterocycles. The summed E-state index contributed by atoms with van der Waals surface area (Å²) in [5.74, 6) is 0.816. The van der Waals surface area contributed by atoms with E-state index in [1.165, 1.54) is 20.5 Å². The van der Waals surface area contributed by atoms with Crippen molar-refractivity contribution >= 4 is 27.5 Å². The van der Waals surface area contributed by atoms with E-state index < -0.39 is 5.69 Å². The Labute approximate surface area is 173 Å². The highest BCUT2D eigenvalue weighted by molar-refractivity contribution is 7.17. The van der Waals surface area contributed by atoms with Gasteiger partial charge in [-0.25, -0.2) is 9.36 Å². The number of thiophene rings is 1. The van der Waals surface area contributed by atoms with Crippen LogP contribution in [0.5, 0.6) is 0 Å². The molecule has 0 bridgehead atoms. The SMILES string of the molecule is Cc1cccc(-n2c(=O)c3sccc3n(CC(=O)N3C[C@H](C)C[C@@H](C)C3)c2=O)c1. The fourth-order valence-electron chi connectivity index (χ4n) is 4.34. The third-order valence-corrected chi connectivity index (χ3v) is 6.42. The van der Waals surface area contributed by atoms with Gasteiger partial charge in [-0.05, 0) is 54.3 Å². The molecule has 152 valence electrons. The molecule has 0 saturated carbocycles. The molecule has 0 spiro atoms. The largest absolute Gasteiger partial charge is 0.341 e. The third kappa shape index (κ3) is 3.67. The van der Waals surface area contributed by atoms with E-state index in [4.69, 9.17) is 0 Å². The van der Waals surface area contributed by atoms with Crippen LogP contribution >= 0.6 is 11.3 Å². The molecule has 3 aromatic rings. The molecule has 1 saturated heterocycles. The van der Waals surface area contributed by atoms with Crippen LogP contribution in [0.15, 0.2) is 45.3 Å². The van der Waals surface area contributed by atoms with Crippen LogP contribution < -0.4 is 11.2 Å². The summed E-state index contributed by atoms with van der Waals surface area (Å²) >= 11 is 1.30. The van der Waals surface area contributed by atoms with Crippen molar-refractivity contribution in [3.63, 3.8) is 0 Å². The van der Waals surface area contributed by atoms with Crippen LogP contribution in [-0.4, -0.2) is 33.0 Å². The number of piperidine rings is 1. The normalized spacial score (nSPS) is 19.6. The second-order valence-corrected chi connectivity index (χ2v) is 9.14. The van der Waals surface area contributed by atoms with Crippen molar-refractivity contribution in [2.75, 3.05) is 13.1 Å². The standard InChI is InChI=1S/C22H25N3O3S/c1-14-5-4-6-17(10-14)25-21(27)20-18(7-8-29-20)24(22(25)28)13-19(26)23-11-15(2)9-16(3)12-23/h4-8,10,15-16H,9,11-13H2,1-3H3/t15-,16-/m1/s1. The predicted octanol–water partition coefficient (Wildman–Crippen LogP) is 3.03. The number of aryl methyl sites for hydroxylation is 1. The Morgan fingerprint density at radius 3 is 2.55 bits per heavy atom. The van der Waals surface area contributed by atoms with Gasteiger partial charge in [-0.15, -0.1) is 11.3 Å². The fourth-order valence-corrected chi connectivity index (χ4v) is 5.16. The van der Waals surface area contributed by atoms with Crippen LogP contribution in [-0.2, 0) is 11.3 Å². The van der Waals surface area contributed by atoms with Crippen LogP contribution in [0.25, 0.3) is 15.9 Å². The quantitative estimate of drug-likeness (QED) is 0.666. The number of nitrogens with zero attached hydrogens (tertiary/aromatic N) is 3. The summed E-state index contributed by atoms with van der Waals surface area (Å²) in [5, 5.41) is 1.79. The van der Waals surface area contributed by atoms with E-state index in [1.54, 1.807) is 17.5 Å². The minimum atomic E-state index is -0.474. The van der Waals surface area contributed by atoms with Crippen molar-refractivity contribution in [1.82, 2.24) is 14.0 Å². The summed E-state index contributed by atoms with van der Waals surface area (Å²) in [6.07, 6.45) is 1.11. The highest BCUT2D eigenvalue weighted by atomic mass is 32.1. The Balaban J connectivity index is 1.81. The Hall–Kier alpha value is -2.67. The number of benzene rings is 1. The average molecular weight is 412 g/mol. The first kappa shape index (κ1) is 19.6. The van der Waals surface area contributed by atoms with Crippen LogP contribution in [0, 0.1) is 18.8 Å². The molecule has 0 radical (unpaired) electrons. The van der Waals surface area contributed by atoms with Crippen LogP contribution in [0.4, 0.5) is 0 Å². The molecule has 0 N–H and O–H groups in total. The first-order valence-corrected chi connectivity index (χ1v) is 10.8. The van der Waals surface area contributed by atoms with Crippen molar-refractivity contribution in [2.45, 2.75) is 33.7 Å². The molecule has 7 heteroatoms. The summed E-state index contributed by atoms with van der Waals surface area (Å²) in [6.45, 7) is 7.58. The van der Waals surface area contributed by atoms with Gasteiger partial charge in [0.25, 0.3) is 5.56 Å². The summed E-state index contributed by atoms with van der Waals surface area (Å²) < 4.78 is 3.11. The van der Waals surface area contributed by atoms with E-state index >= 15 is 0 Å². The molecule has 0 aliphatic carbocycles. The second-order valence-electron chi connectivity index (χ2n) is 8.23. The number of carbonyl (C=O) groups excluding carboxylic acids is 1. The average Bonchev–Trinajstić information content (AvgIpc) is 3.14. The second kappa shape index (κ2) is 7.63. The Morgan fingerprint density at radius 2 is 1.86 bits per heavy atom. The maximum atomic E-state index is 13.3. The lowest BCUT2D eigenvalue weighted by molar-refractivity contribution is -0.134. The maximum absolute atomic E-state index is 13.3.